The van der Waals surface area contributed by atoms with Crippen LogP contribution in [0.15, 0.2) is 19.5 Å². The van der Waals surface area contributed by atoms with E-state index < -0.39 is 17.0 Å². The fourth-order valence-corrected chi connectivity index (χ4v) is 5.65. The Balaban J connectivity index is 1.72. The van der Waals surface area contributed by atoms with E-state index in [1.807, 2.05) is 27.7 Å². The van der Waals surface area contributed by atoms with Gasteiger partial charge >= 0.3 is 5.69 Å². The highest BCUT2D eigenvalue weighted by Crippen LogP contribution is 2.35. The van der Waals surface area contributed by atoms with Gasteiger partial charge in [0.05, 0.1) is 11.1 Å². The Morgan fingerprint density at radius 3 is 2.58 bits per heavy atom. The van der Waals surface area contributed by atoms with Crippen LogP contribution in [-0.2, 0) is 0 Å². The van der Waals surface area contributed by atoms with Gasteiger partial charge in [-0.25, -0.2) is 9.78 Å². The van der Waals surface area contributed by atoms with Crippen LogP contribution in [0.4, 0.5) is 5.82 Å². The zero-order valence-corrected chi connectivity index (χ0v) is 19.3. The fraction of sp³-hybridized carbons (Fsp3) is 0.450. The first kappa shape index (κ1) is 21.6. The van der Waals surface area contributed by atoms with Gasteiger partial charge in [-0.1, -0.05) is 11.8 Å². The number of nitrogens with one attached hydrogen (secondary N) is 1. The molecule has 3 aromatic rings. The maximum Gasteiger partial charge on any atom is 0.330 e. The first-order chi connectivity index (χ1) is 14.6. The molecule has 0 saturated heterocycles. The first-order valence-corrected chi connectivity index (χ1v) is 11.7. The summed E-state index contributed by atoms with van der Waals surface area (Å²) in [6.07, 6.45) is 1.56. The number of ketones is 1. The van der Waals surface area contributed by atoms with E-state index in [1.54, 1.807) is 4.57 Å². The highest BCUT2D eigenvalue weighted by atomic mass is 32.2. The maximum atomic E-state index is 13.1. The largest absolute Gasteiger partial charge is 0.384 e. The molecule has 0 atom stereocenters. The standard InChI is InChI=1S/C20H23N5O4S2/c1-8(2)24-18(28)13-9(3)10(4)31-17(13)23-20(24)30-7-12(26)14-15(21)25(11-5-6-11)19(29)22-16(14)27/h8,11H,5-7,21H2,1-4H3,(H,22,27,29). The summed E-state index contributed by atoms with van der Waals surface area (Å²) in [6, 6.07) is -0.240. The smallest absolute Gasteiger partial charge is 0.330 e. The van der Waals surface area contributed by atoms with E-state index in [1.165, 1.54) is 15.9 Å². The number of aromatic nitrogens is 4. The summed E-state index contributed by atoms with van der Waals surface area (Å²) in [5, 5.41) is 1.01. The lowest BCUT2D eigenvalue weighted by molar-refractivity contribution is 0.102. The third-order valence-corrected chi connectivity index (χ3v) is 7.48. The number of fused-ring (bicyclic) bond motifs is 1. The van der Waals surface area contributed by atoms with Gasteiger partial charge in [-0.15, -0.1) is 11.3 Å². The van der Waals surface area contributed by atoms with Crippen molar-refractivity contribution < 1.29 is 4.79 Å². The van der Waals surface area contributed by atoms with Crippen LogP contribution in [0.3, 0.4) is 0 Å². The monoisotopic (exact) mass is 461 g/mol. The van der Waals surface area contributed by atoms with Crippen LogP contribution in [0, 0.1) is 13.8 Å². The fourth-order valence-electron chi connectivity index (χ4n) is 3.58. The molecule has 9 nitrogen and oxygen atoms in total. The van der Waals surface area contributed by atoms with Gasteiger partial charge in [0.15, 0.2) is 10.9 Å². The predicted molar refractivity (Wildman–Crippen MR) is 123 cm³/mol. The average molecular weight is 462 g/mol. The molecule has 0 unspecified atom stereocenters. The van der Waals surface area contributed by atoms with Gasteiger partial charge in [-0.05, 0) is 46.1 Å². The van der Waals surface area contributed by atoms with E-state index in [-0.39, 0.29) is 34.8 Å². The normalized spacial score (nSPS) is 14.0. The lowest BCUT2D eigenvalue weighted by Gasteiger charge is -2.15. The topological polar surface area (TPSA) is 133 Å². The van der Waals surface area contributed by atoms with Crippen molar-refractivity contribution in [2.45, 2.75) is 57.8 Å². The molecule has 0 radical (unpaired) electrons. The number of carbonyl (C=O) groups excluding carboxylic acids is 1. The molecule has 0 bridgehead atoms. The van der Waals surface area contributed by atoms with Crippen LogP contribution >= 0.6 is 23.1 Å². The van der Waals surface area contributed by atoms with E-state index in [9.17, 15) is 19.2 Å². The van der Waals surface area contributed by atoms with E-state index in [0.717, 1.165) is 35.0 Å². The summed E-state index contributed by atoms with van der Waals surface area (Å²) in [4.78, 5) is 58.9. The molecule has 3 heterocycles. The second kappa shape index (κ2) is 7.79. The second-order valence-corrected chi connectivity index (χ2v) is 10.1. The van der Waals surface area contributed by atoms with Gasteiger partial charge in [-0.3, -0.25) is 28.5 Å². The molecule has 11 heteroatoms. The molecule has 31 heavy (non-hydrogen) atoms. The Morgan fingerprint density at radius 2 is 1.97 bits per heavy atom. The van der Waals surface area contributed by atoms with Crippen LogP contribution in [0.5, 0.6) is 0 Å². The van der Waals surface area contributed by atoms with Crippen molar-refractivity contribution in [2.75, 3.05) is 11.5 Å². The Labute approximate surface area is 185 Å². The molecule has 0 spiro atoms. The molecular weight excluding hydrogens is 438 g/mol. The summed E-state index contributed by atoms with van der Waals surface area (Å²) in [5.41, 5.74) is 5.20. The number of nitrogen functional groups attached to an aromatic ring is 1. The number of hydrogen-bond donors (Lipinski definition) is 2. The second-order valence-electron chi connectivity index (χ2n) is 7.96. The number of anilines is 1. The zero-order valence-electron chi connectivity index (χ0n) is 17.6. The molecular formula is C20H23N5O4S2. The van der Waals surface area contributed by atoms with Crippen molar-refractivity contribution in [3.8, 4) is 0 Å². The number of aryl methyl sites for hydroxylation is 2. The van der Waals surface area contributed by atoms with Crippen molar-refractivity contribution in [1.29, 1.82) is 0 Å². The molecule has 0 aromatic carbocycles. The van der Waals surface area contributed by atoms with E-state index >= 15 is 0 Å². The third kappa shape index (κ3) is 3.65. The summed E-state index contributed by atoms with van der Waals surface area (Å²) >= 11 is 2.53. The Bertz CT molecular complexity index is 1390. The molecule has 0 amide bonds. The zero-order chi connectivity index (χ0) is 22.6. The van der Waals surface area contributed by atoms with Gasteiger partial charge in [0.2, 0.25) is 0 Å². The highest BCUT2D eigenvalue weighted by Gasteiger charge is 2.30. The van der Waals surface area contributed by atoms with Gasteiger partial charge in [-0.2, -0.15) is 0 Å². The van der Waals surface area contributed by atoms with Crippen molar-refractivity contribution in [1.82, 2.24) is 19.1 Å². The lowest BCUT2D eigenvalue weighted by Crippen LogP contribution is -2.36. The Hall–Kier alpha value is -2.66. The number of H-pyrrole nitrogens is 1. The molecule has 1 aliphatic carbocycles. The molecule has 4 rings (SSSR count). The third-order valence-electron chi connectivity index (χ3n) is 5.42. The minimum absolute atomic E-state index is 0.0796. The molecule has 1 saturated carbocycles. The quantitative estimate of drug-likeness (QED) is 0.327. The molecule has 1 aliphatic rings. The predicted octanol–water partition coefficient (Wildman–Crippen LogP) is 2.40. The minimum Gasteiger partial charge on any atom is -0.384 e. The maximum absolute atomic E-state index is 13.1. The van der Waals surface area contributed by atoms with Crippen molar-refractivity contribution in [2.24, 2.45) is 0 Å². The first-order valence-electron chi connectivity index (χ1n) is 9.94. The number of hydrogen-bond acceptors (Lipinski definition) is 8. The number of thiophene rings is 1. The minimum atomic E-state index is -0.792. The number of aromatic amines is 1. The van der Waals surface area contributed by atoms with E-state index in [0.29, 0.717) is 15.4 Å². The summed E-state index contributed by atoms with van der Waals surface area (Å²) in [5.74, 6) is -0.748. The molecule has 3 aromatic heterocycles. The summed E-state index contributed by atoms with van der Waals surface area (Å²) in [7, 11) is 0. The molecule has 3 N–H and O–H groups in total. The number of nitrogens with two attached hydrogens (primary N) is 1. The molecule has 0 aliphatic heterocycles. The highest BCUT2D eigenvalue weighted by molar-refractivity contribution is 7.99. The van der Waals surface area contributed by atoms with Gasteiger partial charge in [0, 0.05) is 17.0 Å². The van der Waals surface area contributed by atoms with Crippen LogP contribution in [0.2, 0.25) is 0 Å². The van der Waals surface area contributed by atoms with Gasteiger partial charge < -0.3 is 5.73 Å². The van der Waals surface area contributed by atoms with Crippen molar-refractivity contribution in [3.05, 3.63) is 47.2 Å². The number of thioether (sulfide) groups is 1. The summed E-state index contributed by atoms with van der Waals surface area (Å²) in [6.45, 7) is 7.61. The number of Topliss-reactive ketones (excluding diaryl/α,β-unsaturated/α-hetero) is 1. The summed E-state index contributed by atoms with van der Waals surface area (Å²) < 4.78 is 2.85. The Morgan fingerprint density at radius 1 is 1.29 bits per heavy atom. The van der Waals surface area contributed by atoms with Crippen LogP contribution in [0.1, 0.15) is 59.6 Å². The number of carbonyl (C=O) groups is 1. The van der Waals surface area contributed by atoms with Crippen molar-refractivity contribution in [3.63, 3.8) is 0 Å². The molecule has 164 valence electrons. The molecule has 1 fully saturated rings. The lowest BCUT2D eigenvalue weighted by atomic mass is 10.2. The SMILES string of the molecule is Cc1sc2nc(SCC(=O)c3c(N)n(C4CC4)c(=O)[nH]c3=O)n(C(C)C)c(=O)c2c1C. The van der Waals surface area contributed by atoms with Gasteiger partial charge in [0.25, 0.3) is 11.1 Å². The average Bonchev–Trinajstić information content (AvgIpc) is 3.45. The van der Waals surface area contributed by atoms with E-state index in [4.69, 9.17) is 5.73 Å². The number of nitrogens with zero attached hydrogens (tertiary/aromatic N) is 3. The van der Waals surface area contributed by atoms with Crippen LogP contribution in [-0.4, -0.2) is 30.6 Å². The number of rotatable bonds is 6. The van der Waals surface area contributed by atoms with Crippen molar-refractivity contribution >= 4 is 44.9 Å². The van der Waals surface area contributed by atoms with Crippen LogP contribution in [0.25, 0.3) is 10.2 Å². The van der Waals surface area contributed by atoms with Crippen LogP contribution < -0.4 is 22.5 Å². The van der Waals surface area contributed by atoms with E-state index in [2.05, 4.69) is 9.97 Å². The van der Waals surface area contributed by atoms with Gasteiger partial charge in [0.1, 0.15) is 16.2 Å². The Kier molecular flexibility index (Phi) is 5.42.